The minimum atomic E-state index is -0.774. The number of rotatable bonds is 6. The van der Waals surface area contributed by atoms with Crippen LogP contribution in [-0.2, 0) is 16.1 Å². The van der Waals surface area contributed by atoms with Crippen LogP contribution in [0.2, 0.25) is 0 Å². The lowest BCUT2D eigenvalue weighted by molar-refractivity contribution is 0.0973. The number of nitrogens with two attached hydrogens (primary N) is 1. The van der Waals surface area contributed by atoms with Crippen molar-refractivity contribution in [3.63, 3.8) is 0 Å². The molecule has 3 N–H and O–H groups in total. The number of anilines is 2. The molecule has 0 bridgehead atoms. The molecule has 6 heterocycles. The number of fused-ring (bicyclic) bond motifs is 3. The van der Waals surface area contributed by atoms with Crippen LogP contribution in [0.25, 0.3) is 0 Å². The Kier molecular flexibility index (Phi) is 6.98. The fourth-order valence-electron chi connectivity index (χ4n) is 6.41. The summed E-state index contributed by atoms with van der Waals surface area (Å²) < 4.78 is 17.3. The van der Waals surface area contributed by atoms with Gasteiger partial charge in [-0.15, -0.1) is 0 Å². The van der Waals surface area contributed by atoms with Crippen molar-refractivity contribution in [2.24, 2.45) is 16.1 Å². The minimum Gasteiger partial charge on any atom is -0.486 e. The number of primary amides is 1. The number of aromatic nitrogens is 3. The lowest BCUT2D eigenvalue weighted by atomic mass is 9.73. The van der Waals surface area contributed by atoms with Gasteiger partial charge in [0.1, 0.15) is 23.4 Å². The van der Waals surface area contributed by atoms with Crippen LogP contribution in [0.1, 0.15) is 31.9 Å². The van der Waals surface area contributed by atoms with Crippen molar-refractivity contribution in [3.05, 3.63) is 24.2 Å². The topological polar surface area (TPSA) is 149 Å². The van der Waals surface area contributed by atoms with E-state index >= 15 is 0 Å². The Morgan fingerprint density at radius 3 is 2.92 bits per heavy atom. The van der Waals surface area contributed by atoms with Crippen LogP contribution in [0.3, 0.4) is 0 Å². The van der Waals surface area contributed by atoms with E-state index in [4.69, 9.17) is 29.9 Å². The van der Waals surface area contributed by atoms with Crippen molar-refractivity contribution in [1.29, 1.82) is 0 Å². The van der Waals surface area contributed by atoms with Gasteiger partial charge in [0.15, 0.2) is 17.4 Å². The molecule has 1 amide bonds. The fraction of sp³-hybridized carbons (Fsp3) is 0.577. The van der Waals surface area contributed by atoms with Crippen molar-refractivity contribution in [1.82, 2.24) is 15.0 Å². The second kappa shape index (κ2) is 10.4. The number of hydrogen-bond acceptors (Lipinski definition) is 12. The number of carbonyl (C=O) groups is 1. The van der Waals surface area contributed by atoms with Gasteiger partial charge in [0.05, 0.1) is 49.0 Å². The average molecular weight is 556 g/mol. The molecule has 4 aliphatic heterocycles. The number of pyridine rings is 1. The van der Waals surface area contributed by atoms with Gasteiger partial charge in [-0.1, -0.05) is 11.8 Å². The molecule has 3 fully saturated rings. The molecule has 1 spiro atoms. The van der Waals surface area contributed by atoms with Crippen LogP contribution in [0.5, 0.6) is 5.75 Å². The Morgan fingerprint density at radius 2 is 2.18 bits per heavy atom. The molecule has 4 aliphatic rings. The lowest BCUT2D eigenvalue weighted by Crippen LogP contribution is -2.46. The van der Waals surface area contributed by atoms with Crippen LogP contribution in [0.15, 0.2) is 33.4 Å². The third kappa shape index (κ3) is 4.76. The monoisotopic (exact) mass is 555 g/mol. The van der Waals surface area contributed by atoms with Gasteiger partial charge in [0.2, 0.25) is 0 Å². The molecule has 2 aromatic heterocycles. The van der Waals surface area contributed by atoms with Crippen LogP contribution in [0.4, 0.5) is 16.4 Å². The first-order valence-corrected chi connectivity index (χ1v) is 14.0. The van der Waals surface area contributed by atoms with Gasteiger partial charge in [-0.3, -0.25) is 4.99 Å². The smallest absolute Gasteiger partial charge is 0.404 e. The molecular weight excluding hydrogens is 522 g/mol. The average Bonchev–Trinajstić information content (AvgIpc) is 3.48. The van der Waals surface area contributed by atoms with E-state index in [0.717, 1.165) is 30.8 Å². The zero-order chi connectivity index (χ0) is 27.1. The molecule has 3 saturated heterocycles. The number of aliphatic hydroxyl groups is 1. The van der Waals surface area contributed by atoms with E-state index in [-0.39, 0.29) is 36.3 Å². The summed E-state index contributed by atoms with van der Waals surface area (Å²) in [5.74, 6) is 2.08. The van der Waals surface area contributed by atoms with Gasteiger partial charge in [-0.05, 0) is 32.5 Å². The van der Waals surface area contributed by atoms with Crippen LogP contribution in [-0.4, -0.2) is 90.0 Å². The Bertz CT molecular complexity index is 1260. The normalized spacial score (nSPS) is 27.1. The van der Waals surface area contributed by atoms with Crippen molar-refractivity contribution >= 4 is 36.2 Å². The van der Waals surface area contributed by atoms with Gasteiger partial charge in [-0.2, -0.15) is 0 Å². The molecule has 13 heteroatoms. The number of ether oxygens (including phenoxy) is 3. The molecule has 1 unspecified atom stereocenters. The SMILES string of the molecule is C=NC1[C@H](C)OCC12CCN(c1ncc(Sc3ccnc4c3OC[C@@H]3C[C@@H](OC(N)=O)CN43)nc1CO)CC2. The maximum absolute atomic E-state index is 11.2. The molecule has 0 aromatic carbocycles. The summed E-state index contributed by atoms with van der Waals surface area (Å²) in [4.78, 5) is 34.8. The van der Waals surface area contributed by atoms with E-state index in [9.17, 15) is 9.90 Å². The summed E-state index contributed by atoms with van der Waals surface area (Å²) in [6, 6.07) is 2.05. The second-order valence-electron chi connectivity index (χ2n) is 10.6. The molecule has 39 heavy (non-hydrogen) atoms. The van der Waals surface area contributed by atoms with E-state index in [0.29, 0.717) is 54.3 Å². The highest BCUT2D eigenvalue weighted by Crippen LogP contribution is 2.46. The molecule has 0 radical (unpaired) electrons. The van der Waals surface area contributed by atoms with Gasteiger partial charge >= 0.3 is 6.09 Å². The third-order valence-electron chi connectivity index (χ3n) is 8.33. The highest BCUT2D eigenvalue weighted by atomic mass is 32.2. The molecule has 0 aliphatic carbocycles. The number of aliphatic hydroxyl groups excluding tert-OH is 1. The van der Waals surface area contributed by atoms with Gasteiger partial charge in [0, 0.05) is 31.1 Å². The van der Waals surface area contributed by atoms with Gasteiger partial charge in [-0.25, -0.2) is 19.7 Å². The number of carbonyl (C=O) groups excluding carboxylic acids is 1. The highest BCUT2D eigenvalue weighted by molar-refractivity contribution is 7.99. The van der Waals surface area contributed by atoms with E-state index < -0.39 is 6.09 Å². The molecule has 2 aromatic rings. The van der Waals surface area contributed by atoms with Crippen molar-refractivity contribution < 1.29 is 24.1 Å². The zero-order valence-electron chi connectivity index (χ0n) is 21.9. The second-order valence-corrected chi connectivity index (χ2v) is 11.7. The van der Waals surface area contributed by atoms with Gasteiger partial charge < -0.3 is 34.9 Å². The Labute approximate surface area is 231 Å². The first-order valence-electron chi connectivity index (χ1n) is 13.2. The molecule has 0 saturated carbocycles. The predicted octanol–water partition coefficient (Wildman–Crippen LogP) is 2.02. The molecular formula is C26H33N7O5S. The summed E-state index contributed by atoms with van der Waals surface area (Å²) in [5, 5.41) is 10.8. The summed E-state index contributed by atoms with van der Waals surface area (Å²) in [7, 11) is 0. The number of amides is 1. The Hall–Kier alpha value is -3.16. The summed E-state index contributed by atoms with van der Waals surface area (Å²) >= 11 is 1.42. The van der Waals surface area contributed by atoms with Crippen LogP contribution < -0.4 is 20.3 Å². The summed E-state index contributed by atoms with van der Waals surface area (Å²) in [6.45, 7) is 8.92. The molecule has 6 rings (SSSR count). The maximum atomic E-state index is 11.2. The zero-order valence-corrected chi connectivity index (χ0v) is 22.7. The Balaban J connectivity index is 1.17. The van der Waals surface area contributed by atoms with E-state index in [2.05, 4.69) is 33.4 Å². The molecule has 208 valence electrons. The largest absolute Gasteiger partial charge is 0.486 e. The number of piperidine rings is 1. The first kappa shape index (κ1) is 26.1. The number of hydrogen-bond donors (Lipinski definition) is 2. The van der Waals surface area contributed by atoms with Crippen LogP contribution >= 0.6 is 11.8 Å². The standard InChI is InChI=1S/C26H33N7O5S/c1-15-22(28-2)26(14-37-15)4-7-32(8-5-26)23-18(12-34)31-20(10-30-23)39-19-3-6-29-24-21(19)36-13-16-9-17(11-33(16)24)38-25(27)35/h3,6,10,15-17,22,34H,2,4-5,7-9,11-14H2,1H3,(H2,27,35)/t15-,16-,17+,22?/m0/s1. The fourth-order valence-corrected chi connectivity index (χ4v) is 7.27. The maximum Gasteiger partial charge on any atom is 0.404 e. The molecule has 12 nitrogen and oxygen atoms in total. The van der Waals surface area contributed by atoms with Crippen molar-refractivity contribution in [2.75, 3.05) is 42.6 Å². The lowest BCUT2D eigenvalue weighted by Gasteiger charge is -2.41. The molecule has 4 atom stereocenters. The minimum absolute atomic E-state index is 0.0149. The van der Waals surface area contributed by atoms with E-state index in [1.165, 1.54) is 11.8 Å². The summed E-state index contributed by atoms with van der Waals surface area (Å²) in [5.41, 5.74) is 5.77. The Morgan fingerprint density at radius 1 is 1.36 bits per heavy atom. The van der Waals surface area contributed by atoms with Gasteiger partial charge in [0.25, 0.3) is 0 Å². The first-order chi connectivity index (χ1) is 18.9. The highest BCUT2D eigenvalue weighted by Gasteiger charge is 2.49. The van der Waals surface area contributed by atoms with Crippen molar-refractivity contribution in [3.8, 4) is 5.75 Å². The quantitative estimate of drug-likeness (QED) is 0.504. The predicted molar refractivity (Wildman–Crippen MR) is 145 cm³/mol. The summed E-state index contributed by atoms with van der Waals surface area (Å²) in [6.07, 6.45) is 4.98. The number of nitrogens with zero attached hydrogens (tertiary/aromatic N) is 6. The van der Waals surface area contributed by atoms with Crippen molar-refractivity contribution in [2.45, 2.75) is 67.0 Å². The third-order valence-corrected chi connectivity index (χ3v) is 9.27. The van der Waals surface area contributed by atoms with Crippen LogP contribution in [0, 0.1) is 5.41 Å². The number of aliphatic imine (C=N–C) groups is 1. The van der Waals surface area contributed by atoms with E-state index in [1.54, 1.807) is 12.4 Å². The van der Waals surface area contributed by atoms with E-state index in [1.807, 2.05) is 6.07 Å².